The third kappa shape index (κ3) is 6.32. The summed E-state index contributed by atoms with van der Waals surface area (Å²) in [5.74, 6) is 0.601. The Hall–Kier alpha value is -3.01. The van der Waals surface area contributed by atoms with E-state index in [0.717, 1.165) is 54.1 Å². The number of halogens is 2. The minimum Gasteiger partial charge on any atom is -0.487 e. The van der Waals surface area contributed by atoms with Gasteiger partial charge >= 0.3 is 5.97 Å². The standard InChI is InChI=1S/C30H27Cl2N3O4.H2S/c31-23-5-7-28(25(32)13-23)39-18-20-3-1-2-19(10-20)11-21-14-34(15-21)17-29-33-26-6-4-22(30(36)37)12-27(26)35(29)16-24-8-9-38-24;/h1-7,10-13,24H,8-9,14-18H2,(H,36,37);1H2/t24-;/m0./s1. The van der Waals surface area contributed by atoms with Crippen molar-refractivity contribution in [2.75, 3.05) is 19.7 Å². The lowest BCUT2D eigenvalue weighted by Gasteiger charge is -2.34. The first-order chi connectivity index (χ1) is 18.9. The van der Waals surface area contributed by atoms with E-state index in [-0.39, 0.29) is 25.2 Å². The summed E-state index contributed by atoms with van der Waals surface area (Å²) >= 11 is 12.2. The molecule has 0 saturated carbocycles. The van der Waals surface area contributed by atoms with Crippen LogP contribution in [0.1, 0.15) is 33.7 Å². The van der Waals surface area contributed by atoms with Crippen molar-refractivity contribution >= 4 is 59.8 Å². The van der Waals surface area contributed by atoms with E-state index >= 15 is 0 Å². The summed E-state index contributed by atoms with van der Waals surface area (Å²) in [7, 11) is 0. The zero-order valence-electron chi connectivity index (χ0n) is 21.6. The Bertz CT molecular complexity index is 1580. The molecule has 0 radical (unpaired) electrons. The second kappa shape index (κ2) is 12.2. The fourth-order valence-electron chi connectivity index (χ4n) is 4.96. The van der Waals surface area contributed by atoms with Gasteiger partial charge in [-0.1, -0.05) is 47.5 Å². The fourth-order valence-corrected chi connectivity index (χ4v) is 5.42. The number of likely N-dealkylation sites (tertiary alicyclic amines) is 1. The summed E-state index contributed by atoms with van der Waals surface area (Å²) < 4.78 is 13.7. The van der Waals surface area contributed by atoms with Crippen molar-refractivity contribution in [1.82, 2.24) is 14.5 Å². The lowest BCUT2D eigenvalue weighted by Crippen LogP contribution is -2.40. The quantitative estimate of drug-likeness (QED) is 0.240. The maximum Gasteiger partial charge on any atom is 0.335 e. The Morgan fingerprint density at radius 2 is 1.95 bits per heavy atom. The van der Waals surface area contributed by atoms with Gasteiger partial charge in [-0.2, -0.15) is 13.5 Å². The first-order valence-electron chi connectivity index (χ1n) is 12.8. The normalized spacial score (nSPS) is 16.6. The van der Waals surface area contributed by atoms with Crippen LogP contribution in [0.15, 0.2) is 66.2 Å². The molecule has 208 valence electrons. The first kappa shape index (κ1) is 28.5. The van der Waals surface area contributed by atoms with Crippen LogP contribution in [0, 0.1) is 0 Å². The van der Waals surface area contributed by atoms with Crippen molar-refractivity contribution in [1.29, 1.82) is 0 Å². The van der Waals surface area contributed by atoms with Gasteiger partial charge in [0, 0.05) is 24.7 Å². The Morgan fingerprint density at radius 3 is 2.67 bits per heavy atom. The van der Waals surface area contributed by atoms with Crippen molar-refractivity contribution in [2.24, 2.45) is 0 Å². The number of aromatic nitrogens is 2. The third-order valence-corrected chi connectivity index (χ3v) is 7.61. The zero-order chi connectivity index (χ0) is 26.9. The molecule has 2 aliphatic rings. The molecule has 6 rings (SSSR count). The number of nitrogens with zero attached hydrogens (tertiary/aromatic N) is 3. The van der Waals surface area contributed by atoms with Gasteiger partial charge in [0.05, 0.1) is 40.8 Å². The maximum atomic E-state index is 11.5. The van der Waals surface area contributed by atoms with Crippen LogP contribution in [0.25, 0.3) is 17.1 Å². The molecule has 4 aromatic rings. The summed E-state index contributed by atoms with van der Waals surface area (Å²) in [6, 6.07) is 18.6. The lowest BCUT2D eigenvalue weighted by molar-refractivity contribution is -0.0592. The van der Waals surface area contributed by atoms with E-state index in [2.05, 4.69) is 27.7 Å². The summed E-state index contributed by atoms with van der Waals surface area (Å²) in [6.45, 7) is 4.26. The van der Waals surface area contributed by atoms with E-state index < -0.39 is 5.97 Å². The predicted octanol–water partition coefficient (Wildman–Crippen LogP) is 6.42. The van der Waals surface area contributed by atoms with Crippen LogP contribution in [0.2, 0.25) is 10.0 Å². The molecule has 1 N–H and O–H groups in total. The minimum absolute atomic E-state index is 0. The lowest BCUT2D eigenvalue weighted by atomic mass is 10.0. The molecule has 3 aromatic carbocycles. The molecule has 2 saturated heterocycles. The van der Waals surface area contributed by atoms with Gasteiger partial charge in [0.25, 0.3) is 0 Å². The number of aromatic carboxylic acids is 1. The van der Waals surface area contributed by atoms with Gasteiger partial charge in [0.2, 0.25) is 0 Å². The SMILES string of the molecule is O=C(O)c1ccc2nc(CN3CC(=Cc4cccc(COc5ccc(Cl)cc5Cl)c4)C3)n(C[C@@H]3CCO3)c2c1.S. The average Bonchev–Trinajstić information content (AvgIpc) is 3.20. The first-order valence-corrected chi connectivity index (χ1v) is 13.6. The molecule has 0 aliphatic carbocycles. The topological polar surface area (TPSA) is 76.8 Å². The average molecular weight is 599 g/mol. The van der Waals surface area contributed by atoms with Gasteiger partial charge in [-0.3, -0.25) is 4.90 Å². The van der Waals surface area contributed by atoms with Crippen LogP contribution < -0.4 is 4.74 Å². The minimum atomic E-state index is -0.937. The van der Waals surface area contributed by atoms with Gasteiger partial charge in [0.15, 0.2) is 0 Å². The second-order valence-electron chi connectivity index (χ2n) is 9.98. The van der Waals surface area contributed by atoms with Crippen LogP contribution in [-0.4, -0.2) is 51.3 Å². The fraction of sp³-hybridized carbons (Fsp3) is 0.267. The summed E-state index contributed by atoms with van der Waals surface area (Å²) in [5, 5.41) is 10.5. The Kier molecular flexibility index (Phi) is 8.73. The van der Waals surface area contributed by atoms with Crippen LogP contribution in [-0.2, 0) is 24.4 Å². The molecule has 1 atom stereocenters. The number of fused-ring (bicyclic) bond motifs is 1. The van der Waals surface area contributed by atoms with E-state index in [1.54, 1.807) is 36.4 Å². The Balaban J connectivity index is 0.00000323. The molecule has 40 heavy (non-hydrogen) atoms. The number of carboxylic acids is 1. The van der Waals surface area contributed by atoms with E-state index in [0.29, 0.717) is 35.5 Å². The van der Waals surface area contributed by atoms with Crippen LogP contribution >= 0.6 is 36.7 Å². The van der Waals surface area contributed by atoms with E-state index in [1.807, 2.05) is 12.1 Å². The van der Waals surface area contributed by atoms with Crippen molar-refractivity contribution in [2.45, 2.75) is 32.2 Å². The van der Waals surface area contributed by atoms with Gasteiger partial charge in [-0.15, -0.1) is 0 Å². The summed E-state index contributed by atoms with van der Waals surface area (Å²) in [6.07, 6.45) is 3.37. The highest BCUT2D eigenvalue weighted by molar-refractivity contribution is 7.59. The van der Waals surface area contributed by atoms with Gasteiger partial charge in [-0.05, 0) is 65.6 Å². The van der Waals surface area contributed by atoms with Gasteiger partial charge in [-0.25, -0.2) is 9.78 Å². The summed E-state index contributed by atoms with van der Waals surface area (Å²) in [5.41, 5.74) is 5.44. The Morgan fingerprint density at radius 1 is 1.12 bits per heavy atom. The third-order valence-electron chi connectivity index (χ3n) is 7.08. The van der Waals surface area contributed by atoms with E-state index in [4.69, 9.17) is 37.7 Å². The van der Waals surface area contributed by atoms with Gasteiger partial charge in [0.1, 0.15) is 18.2 Å². The molecule has 3 heterocycles. The van der Waals surface area contributed by atoms with Crippen molar-refractivity contribution in [3.8, 4) is 5.75 Å². The number of rotatable bonds is 9. The number of hydrogen-bond acceptors (Lipinski definition) is 5. The molecule has 1 aromatic heterocycles. The zero-order valence-corrected chi connectivity index (χ0v) is 24.2. The molecule has 0 spiro atoms. The molecule has 2 aliphatic heterocycles. The number of benzene rings is 3. The Labute approximate surface area is 249 Å². The number of carbonyl (C=O) groups is 1. The predicted molar refractivity (Wildman–Crippen MR) is 162 cm³/mol. The highest BCUT2D eigenvalue weighted by atomic mass is 35.5. The molecular formula is C30H29Cl2N3O4S. The molecule has 0 amide bonds. The molecule has 10 heteroatoms. The summed E-state index contributed by atoms with van der Waals surface area (Å²) in [4.78, 5) is 18.7. The smallest absolute Gasteiger partial charge is 0.335 e. The highest BCUT2D eigenvalue weighted by Crippen LogP contribution is 2.29. The molecule has 0 unspecified atom stereocenters. The van der Waals surface area contributed by atoms with Crippen LogP contribution in [0.5, 0.6) is 5.75 Å². The van der Waals surface area contributed by atoms with E-state index in [1.165, 1.54) is 5.57 Å². The van der Waals surface area contributed by atoms with E-state index in [9.17, 15) is 9.90 Å². The number of ether oxygens (including phenoxy) is 2. The number of imidazole rings is 1. The van der Waals surface area contributed by atoms with Crippen molar-refractivity contribution in [3.05, 3.63) is 98.8 Å². The van der Waals surface area contributed by atoms with Crippen molar-refractivity contribution in [3.63, 3.8) is 0 Å². The molecule has 2 fully saturated rings. The molecular weight excluding hydrogens is 569 g/mol. The van der Waals surface area contributed by atoms with Gasteiger partial charge < -0.3 is 19.1 Å². The maximum absolute atomic E-state index is 11.5. The highest BCUT2D eigenvalue weighted by Gasteiger charge is 2.26. The van der Waals surface area contributed by atoms with Crippen LogP contribution in [0.4, 0.5) is 0 Å². The number of hydrogen-bond donors (Lipinski definition) is 1. The molecule has 7 nitrogen and oxygen atoms in total. The second-order valence-corrected chi connectivity index (χ2v) is 10.8. The van der Waals surface area contributed by atoms with Crippen LogP contribution in [0.3, 0.4) is 0 Å². The largest absolute Gasteiger partial charge is 0.487 e. The molecule has 0 bridgehead atoms. The monoisotopic (exact) mass is 597 g/mol. The number of carboxylic acid groups (broad SMARTS) is 1. The van der Waals surface area contributed by atoms with Crippen molar-refractivity contribution < 1.29 is 19.4 Å².